The van der Waals surface area contributed by atoms with Crippen LogP contribution in [0, 0.1) is 10.8 Å². The third-order valence-corrected chi connectivity index (χ3v) is 5.61. The summed E-state index contributed by atoms with van der Waals surface area (Å²) < 4.78 is 5.65. The molecule has 0 aromatic rings. The second kappa shape index (κ2) is 3.71. The fourth-order valence-corrected chi connectivity index (χ4v) is 3.15. The average molecular weight is 225 g/mol. The van der Waals surface area contributed by atoms with Gasteiger partial charge < -0.3 is 10.1 Å². The van der Waals surface area contributed by atoms with Crippen LogP contribution in [0.15, 0.2) is 0 Å². The number of rotatable bonds is 4. The minimum atomic E-state index is 0.0607. The second-order valence-corrected chi connectivity index (χ2v) is 6.96. The molecule has 0 saturated heterocycles. The number of hydrogen-bond acceptors (Lipinski definition) is 2. The molecule has 2 unspecified atom stereocenters. The van der Waals surface area contributed by atoms with Gasteiger partial charge in [-0.1, -0.05) is 27.2 Å². The molecular formula is C14H27NO. The van der Waals surface area contributed by atoms with E-state index in [4.69, 9.17) is 4.74 Å². The summed E-state index contributed by atoms with van der Waals surface area (Å²) in [6, 6.07) is 0.620. The van der Waals surface area contributed by atoms with Crippen molar-refractivity contribution < 1.29 is 4.74 Å². The highest BCUT2D eigenvalue weighted by molar-refractivity contribution is 5.11. The van der Waals surface area contributed by atoms with Crippen LogP contribution >= 0.6 is 0 Å². The van der Waals surface area contributed by atoms with Gasteiger partial charge in [0.2, 0.25) is 0 Å². The van der Waals surface area contributed by atoms with Crippen LogP contribution in [0.4, 0.5) is 0 Å². The summed E-state index contributed by atoms with van der Waals surface area (Å²) in [5.41, 5.74) is 0.891. The number of methoxy groups -OCH3 is 1. The molecule has 0 spiro atoms. The summed E-state index contributed by atoms with van der Waals surface area (Å²) in [5, 5.41) is 3.76. The fourth-order valence-electron chi connectivity index (χ4n) is 3.15. The first kappa shape index (κ1) is 12.4. The Labute approximate surface area is 100 Å². The smallest absolute Gasteiger partial charge is 0.0731 e. The second-order valence-electron chi connectivity index (χ2n) is 6.96. The molecule has 1 N–H and O–H groups in total. The molecule has 2 aliphatic carbocycles. The minimum Gasteiger partial charge on any atom is -0.378 e. The van der Waals surface area contributed by atoms with Crippen molar-refractivity contribution >= 4 is 0 Å². The van der Waals surface area contributed by atoms with Gasteiger partial charge in [-0.15, -0.1) is 0 Å². The Morgan fingerprint density at radius 2 is 1.81 bits per heavy atom. The first-order chi connectivity index (χ1) is 7.33. The molecule has 2 atom stereocenters. The molecule has 2 nitrogen and oxygen atoms in total. The third-order valence-electron chi connectivity index (χ3n) is 5.61. The maximum absolute atomic E-state index is 5.65. The summed E-state index contributed by atoms with van der Waals surface area (Å²) >= 11 is 0. The minimum absolute atomic E-state index is 0.0607. The van der Waals surface area contributed by atoms with Crippen LogP contribution in [0.2, 0.25) is 0 Å². The topological polar surface area (TPSA) is 21.3 Å². The molecule has 0 radical (unpaired) electrons. The van der Waals surface area contributed by atoms with Gasteiger partial charge in [0.05, 0.1) is 5.60 Å². The predicted octanol–water partition coefficient (Wildman–Crippen LogP) is 2.97. The van der Waals surface area contributed by atoms with Gasteiger partial charge >= 0.3 is 0 Å². The molecule has 2 aliphatic rings. The van der Waals surface area contributed by atoms with Crippen LogP contribution < -0.4 is 5.32 Å². The van der Waals surface area contributed by atoms with E-state index >= 15 is 0 Å². The van der Waals surface area contributed by atoms with Gasteiger partial charge in [-0.3, -0.25) is 0 Å². The molecule has 0 aromatic carbocycles. The van der Waals surface area contributed by atoms with Gasteiger partial charge in [-0.25, -0.2) is 0 Å². The Morgan fingerprint density at radius 3 is 2.19 bits per heavy atom. The van der Waals surface area contributed by atoms with Crippen molar-refractivity contribution in [2.24, 2.45) is 10.8 Å². The predicted molar refractivity (Wildman–Crippen MR) is 67.6 cm³/mol. The lowest BCUT2D eigenvalue weighted by molar-refractivity contribution is -0.182. The van der Waals surface area contributed by atoms with E-state index in [1.165, 1.54) is 25.8 Å². The van der Waals surface area contributed by atoms with Crippen LogP contribution in [-0.4, -0.2) is 25.3 Å². The van der Waals surface area contributed by atoms with Crippen LogP contribution in [0.5, 0.6) is 0 Å². The Morgan fingerprint density at radius 1 is 1.19 bits per heavy atom. The van der Waals surface area contributed by atoms with Crippen molar-refractivity contribution in [1.29, 1.82) is 0 Å². The molecule has 94 valence electrons. The lowest BCUT2D eigenvalue weighted by Crippen LogP contribution is -2.68. The van der Waals surface area contributed by atoms with Crippen molar-refractivity contribution in [1.82, 2.24) is 5.32 Å². The first-order valence-corrected chi connectivity index (χ1v) is 6.62. The monoisotopic (exact) mass is 225 g/mol. The SMILES string of the molecule is COC1(C)CC(NCC2(C)CCC2)C1(C)C. The number of ether oxygens (including phenoxy) is 1. The zero-order chi connectivity index (χ0) is 12.0. The highest BCUT2D eigenvalue weighted by Crippen LogP contribution is 2.52. The van der Waals surface area contributed by atoms with E-state index in [-0.39, 0.29) is 11.0 Å². The van der Waals surface area contributed by atoms with Crippen LogP contribution in [0.25, 0.3) is 0 Å². The normalized spacial score (nSPS) is 39.9. The number of nitrogens with one attached hydrogen (secondary N) is 1. The molecule has 0 bridgehead atoms. The van der Waals surface area contributed by atoms with Crippen LogP contribution in [-0.2, 0) is 4.74 Å². The van der Waals surface area contributed by atoms with Gasteiger partial charge in [0.1, 0.15) is 0 Å². The maximum Gasteiger partial charge on any atom is 0.0731 e. The molecule has 16 heavy (non-hydrogen) atoms. The Balaban J connectivity index is 1.85. The molecule has 0 heterocycles. The molecule has 0 amide bonds. The standard InChI is InChI=1S/C14H27NO/c1-12(2)11(9-14(12,4)16-5)15-10-13(3)7-6-8-13/h11,15H,6-10H2,1-5H3. The molecule has 2 rings (SSSR count). The Kier molecular flexibility index (Phi) is 2.87. The Bertz CT molecular complexity index is 270. The van der Waals surface area contributed by atoms with Crippen LogP contribution in [0.3, 0.4) is 0 Å². The summed E-state index contributed by atoms with van der Waals surface area (Å²) in [7, 11) is 1.84. The summed E-state index contributed by atoms with van der Waals surface area (Å²) in [6.07, 6.45) is 5.36. The van der Waals surface area contributed by atoms with E-state index in [9.17, 15) is 0 Å². The number of hydrogen-bond donors (Lipinski definition) is 1. The molecule has 2 fully saturated rings. The highest BCUT2D eigenvalue weighted by Gasteiger charge is 2.57. The highest BCUT2D eigenvalue weighted by atomic mass is 16.5. The summed E-state index contributed by atoms with van der Waals surface area (Å²) in [4.78, 5) is 0. The third kappa shape index (κ3) is 1.70. The van der Waals surface area contributed by atoms with Crippen molar-refractivity contribution in [3.63, 3.8) is 0 Å². The van der Waals surface area contributed by atoms with Gasteiger partial charge in [0.25, 0.3) is 0 Å². The van der Waals surface area contributed by atoms with Crippen molar-refractivity contribution in [2.45, 2.75) is 65.0 Å². The van der Waals surface area contributed by atoms with Crippen molar-refractivity contribution in [3.05, 3.63) is 0 Å². The fraction of sp³-hybridized carbons (Fsp3) is 1.00. The Hall–Kier alpha value is -0.0800. The van der Waals surface area contributed by atoms with Gasteiger partial charge in [0.15, 0.2) is 0 Å². The van der Waals surface area contributed by atoms with Crippen molar-refractivity contribution in [3.8, 4) is 0 Å². The summed E-state index contributed by atoms with van der Waals surface area (Å²) in [6.45, 7) is 10.5. The zero-order valence-electron chi connectivity index (χ0n) is 11.5. The van der Waals surface area contributed by atoms with E-state index in [0.717, 1.165) is 6.42 Å². The lowest BCUT2D eigenvalue weighted by atomic mass is 9.55. The van der Waals surface area contributed by atoms with E-state index in [0.29, 0.717) is 11.5 Å². The molecule has 0 aliphatic heterocycles. The molecule has 0 aromatic heterocycles. The zero-order valence-corrected chi connectivity index (χ0v) is 11.5. The first-order valence-electron chi connectivity index (χ1n) is 6.62. The van der Waals surface area contributed by atoms with E-state index in [2.05, 4.69) is 33.0 Å². The maximum atomic E-state index is 5.65. The molecule has 2 saturated carbocycles. The van der Waals surface area contributed by atoms with Gasteiger partial charge in [0, 0.05) is 25.1 Å². The quantitative estimate of drug-likeness (QED) is 0.794. The largest absolute Gasteiger partial charge is 0.378 e. The lowest BCUT2D eigenvalue weighted by Gasteiger charge is -2.60. The van der Waals surface area contributed by atoms with E-state index < -0.39 is 0 Å². The van der Waals surface area contributed by atoms with Crippen molar-refractivity contribution in [2.75, 3.05) is 13.7 Å². The average Bonchev–Trinajstić information content (AvgIpc) is 2.20. The molecular weight excluding hydrogens is 198 g/mol. The van der Waals surface area contributed by atoms with E-state index in [1.54, 1.807) is 0 Å². The molecule has 2 heteroatoms. The van der Waals surface area contributed by atoms with Gasteiger partial charge in [-0.2, -0.15) is 0 Å². The van der Waals surface area contributed by atoms with Gasteiger partial charge in [-0.05, 0) is 31.6 Å². The van der Waals surface area contributed by atoms with E-state index in [1.807, 2.05) is 7.11 Å². The summed E-state index contributed by atoms with van der Waals surface area (Å²) in [5.74, 6) is 0. The van der Waals surface area contributed by atoms with Crippen LogP contribution in [0.1, 0.15) is 53.4 Å².